The number of alkyl halides is 1. The Morgan fingerprint density at radius 1 is 1.31 bits per heavy atom. The molecule has 4 heteroatoms. The van der Waals surface area contributed by atoms with Crippen molar-refractivity contribution in [3.63, 3.8) is 0 Å². The highest BCUT2D eigenvalue weighted by molar-refractivity contribution is 6.18. The number of rotatable bonds is 3. The molecule has 0 unspecified atom stereocenters. The van der Waals surface area contributed by atoms with Crippen molar-refractivity contribution in [3.05, 3.63) is 42.1 Å². The van der Waals surface area contributed by atoms with E-state index in [4.69, 9.17) is 11.6 Å². The Labute approximate surface area is 98.4 Å². The van der Waals surface area contributed by atoms with Gasteiger partial charge in [-0.25, -0.2) is 0 Å². The number of benzene rings is 1. The van der Waals surface area contributed by atoms with Gasteiger partial charge in [0, 0.05) is 24.0 Å². The van der Waals surface area contributed by atoms with E-state index >= 15 is 0 Å². The monoisotopic (exact) mass is 234 g/mol. The molecule has 0 fully saturated rings. The number of nitrogens with one attached hydrogen (secondary N) is 1. The number of carbonyl (C=O) groups excluding carboxylic acids is 1. The third-order valence-electron chi connectivity index (χ3n) is 2.26. The molecule has 1 aromatic carbocycles. The lowest BCUT2D eigenvalue weighted by Gasteiger charge is -2.05. The van der Waals surface area contributed by atoms with Gasteiger partial charge < -0.3 is 5.32 Å². The van der Waals surface area contributed by atoms with E-state index in [1.54, 1.807) is 12.3 Å². The largest absolute Gasteiger partial charge is 0.351 e. The van der Waals surface area contributed by atoms with E-state index in [1.165, 1.54) is 0 Å². The average Bonchev–Trinajstić information content (AvgIpc) is 2.35. The number of amides is 1. The lowest BCUT2D eigenvalue weighted by atomic mass is 10.1. The second-order valence-corrected chi connectivity index (χ2v) is 3.70. The van der Waals surface area contributed by atoms with Crippen molar-refractivity contribution in [2.75, 3.05) is 12.4 Å². The fourth-order valence-electron chi connectivity index (χ4n) is 1.54. The summed E-state index contributed by atoms with van der Waals surface area (Å²) in [6.45, 7) is 0.462. The van der Waals surface area contributed by atoms with Crippen LogP contribution in [0.1, 0.15) is 10.4 Å². The number of halogens is 1. The van der Waals surface area contributed by atoms with Crippen molar-refractivity contribution in [2.24, 2.45) is 0 Å². The molecule has 1 amide bonds. The van der Waals surface area contributed by atoms with E-state index in [9.17, 15) is 4.79 Å². The van der Waals surface area contributed by atoms with Crippen molar-refractivity contribution in [1.82, 2.24) is 10.3 Å². The maximum Gasteiger partial charge on any atom is 0.253 e. The summed E-state index contributed by atoms with van der Waals surface area (Å²) in [5, 5.41) is 3.69. The smallest absolute Gasteiger partial charge is 0.253 e. The van der Waals surface area contributed by atoms with Crippen LogP contribution in [-0.2, 0) is 0 Å². The lowest BCUT2D eigenvalue weighted by molar-refractivity contribution is 0.0957. The second-order valence-electron chi connectivity index (χ2n) is 3.33. The SMILES string of the molecule is O=C(NCCCl)c1cccc2cccnc12. The van der Waals surface area contributed by atoms with Crippen LogP contribution in [0.4, 0.5) is 0 Å². The van der Waals surface area contributed by atoms with E-state index in [1.807, 2.05) is 24.3 Å². The van der Waals surface area contributed by atoms with Gasteiger partial charge in [-0.3, -0.25) is 9.78 Å². The molecule has 0 radical (unpaired) electrons. The first-order chi connectivity index (χ1) is 7.83. The van der Waals surface area contributed by atoms with Crippen molar-refractivity contribution >= 4 is 28.4 Å². The van der Waals surface area contributed by atoms with E-state index in [0.29, 0.717) is 18.0 Å². The molecule has 2 aromatic rings. The van der Waals surface area contributed by atoms with Crippen molar-refractivity contribution < 1.29 is 4.79 Å². The summed E-state index contributed by atoms with van der Waals surface area (Å²) >= 11 is 5.52. The fourth-order valence-corrected chi connectivity index (χ4v) is 1.64. The van der Waals surface area contributed by atoms with Crippen LogP contribution in [0.3, 0.4) is 0 Å². The molecule has 0 bridgehead atoms. The predicted molar refractivity (Wildman–Crippen MR) is 64.8 cm³/mol. The summed E-state index contributed by atoms with van der Waals surface area (Å²) in [5.41, 5.74) is 1.31. The number of nitrogens with zero attached hydrogens (tertiary/aromatic N) is 1. The van der Waals surface area contributed by atoms with Gasteiger partial charge in [0.15, 0.2) is 0 Å². The zero-order chi connectivity index (χ0) is 11.4. The quantitative estimate of drug-likeness (QED) is 0.828. The maximum absolute atomic E-state index is 11.8. The van der Waals surface area contributed by atoms with Gasteiger partial charge in [-0.05, 0) is 12.1 Å². The highest BCUT2D eigenvalue weighted by Gasteiger charge is 2.09. The number of fused-ring (bicyclic) bond motifs is 1. The maximum atomic E-state index is 11.8. The fraction of sp³-hybridized carbons (Fsp3) is 0.167. The first kappa shape index (κ1) is 10.9. The summed E-state index contributed by atoms with van der Waals surface area (Å²) < 4.78 is 0. The predicted octanol–water partition coefficient (Wildman–Crippen LogP) is 2.20. The van der Waals surface area contributed by atoms with Gasteiger partial charge in [0.25, 0.3) is 5.91 Å². The molecule has 0 saturated carbocycles. The number of hydrogen-bond acceptors (Lipinski definition) is 2. The van der Waals surface area contributed by atoms with Crippen molar-refractivity contribution in [1.29, 1.82) is 0 Å². The molecular weight excluding hydrogens is 224 g/mol. The minimum Gasteiger partial charge on any atom is -0.351 e. The molecule has 2 rings (SSSR count). The molecule has 82 valence electrons. The van der Waals surface area contributed by atoms with E-state index < -0.39 is 0 Å². The minimum atomic E-state index is -0.134. The van der Waals surface area contributed by atoms with Crippen LogP contribution in [0.15, 0.2) is 36.5 Å². The number of hydrogen-bond donors (Lipinski definition) is 1. The van der Waals surface area contributed by atoms with Crippen LogP contribution < -0.4 is 5.32 Å². The molecule has 3 nitrogen and oxygen atoms in total. The number of pyridine rings is 1. The van der Waals surface area contributed by atoms with Gasteiger partial charge >= 0.3 is 0 Å². The van der Waals surface area contributed by atoms with E-state index in [2.05, 4.69) is 10.3 Å². The summed E-state index contributed by atoms with van der Waals surface area (Å²) in [4.78, 5) is 16.0. The Balaban J connectivity index is 2.40. The molecular formula is C12H11ClN2O. The number of aromatic nitrogens is 1. The Bertz CT molecular complexity index is 508. The zero-order valence-electron chi connectivity index (χ0n) is 8.61. The Hall–Kier alpha value is -1.61. The topological polar surface area (TPSA) is 42.0 Å². The second kappa shape index (κ2) is 4.94. The third kappa shape index (κ3) is 2.14. The molecule has 0 aliphatic carbocycles. The molecule has 1 heterocycles. The lowest BCUT2D eigenvalue weighted by Crippen LogP contribution is -2.25. The highest BCUT2D eigenvalue weighted by Crippen LogP contribution is 2.15. The van der Waals surface area contributed by atoms with Crippen LogP contribution in [-0.4, -0.2) is 23.3 Å². The summed E-state index contributed by atoms with van der Waals surface area (Å²) in [7, 11) is 0. The van der Waals surface area contributed by atoms with Crippen LogP contribution in [0.2, 0.25) is 0 Å². The molecule has 0 spiro atoms. The summed E-state index contributed by atoms with van der Waals surface area (Å²) in [5.74, 6) is 0.272. The molecule has 16 heavy (non-hydrogen) atoms. The third-order valence-corrected chi connectivity index (χ3v) is 2.45. The van der Waals surface area contributed by atoms with Gasteiger partial charge in [-0.1, -0.05) is 18.2 Å². The zero-order valence-corrected chi connectivity index (χ0v) is 9.37. The first-order valence-electron chi connectivity index (χ1n) is 5.01. The van der Waals surface area contributed by atoms with Crippen LogP contribution >= 0.6 is 11.6 Å². The first-order valence-corrected chi connectivity index (χ1v) is 5.54. The minimum absolute atomic E-state index is 0.134. The number of carbonyl (C=O) groups is 1. The average molecular weight is 235 g/mol. The molecule has 0 aliphatic rings. The molecule has 0 saturated heterocycles. The van der Waals surface area contributed by atoms with Gasteiger partial charge in [0.1, 0.15) is 0 Å². The Morgan fingerprint density at radius 3 is 2.94 bits per heavy atom. The molecule has 0 aliphatic heterocycles. The molecule has 1 N–H and O–H groups in total. The number of para-hydroxylation sites is 1. The van der Waals surface area contributed by atoms with Crippen molar-refractivity contribution in [3.8, 4) is 0 Å². The van der Waals surface area contributed by atoms with Gasteiger partial charge in [0.2, 0.25) is 0 Å². The Kier molecular flexibility index (Phi) is 3.37. The standard InChI is InChI=1S/C12H11ClN2O/c13-6-8-15-12(16)10-5-1-3-9-4-2-7-14-11(9)10/h1-5,7H,6,8H2,(H,15,16). The Morgan fingerprint density at radius 2 is 2.12 bits per heavy atom. The highest BCUT2D eigenvalue weighted by atomic mass is 35.5. The van der Waals surface area contributed by atoms with Crippen LogP contribution in [0, 0.1) is 0 Å². The van der Waals surface area contributed by atoms with Gasteiger partial charge in [0.05, 0.1) is 11.1 Å². The van der Waals surface area contributed by atoms with Crippen LogP contribution in [0.25, 0.3) is 10.9 Å². The van der Waals surface area contributed by atoms with Gasteiger partial charge in [-0.2, -0.15) is 0 Å². The normalized spacial score (nSPS) is 10.3. The van der Waals surface area contributed by atoms with Crippen LogP contribution in [0.5, 0.6) is 0 Å². The summed E-state index contributed by atoms with van der Waals surface area (Å²) in [6, 6.07) is 9.32. The van der Waals surface area contributed by atoms with Gasteiger partial charge in [-0.15, -0.1) is 11.6 Å². The van der Waals surface area contributed by atoms with E-state index in [0.717, 1.165) is 10.9 Å². The molecule has 1 aromatic heterocycles. The molecule has 0 atom stereocenters. The van der Waals surface area contributed by atoms with Crippen molar-refractivity contribution in [2.45, 2.75) is 0 Å². The van der Waals surface area contributed by atoms with E-state index in [-0.39, 0.29) is 5.91 Å². The summed E-state index contributed by atoms with van der Waals surface area (Å²) in [6.07, 6.45) is 1.68.